The second kappa shape index (κ2) is 9.63. The van der Waals surface area contributed by atoms with E-state index in [4.69, 9.17) is 9.47 Å². The van der Waals surface area contributed by atoms with Crippen molar-refractivity contribution in [2.75, 3.05) is 0 Å². The highest BCUT2D eigenvalue weighted by atomic mass is 17.0. The summed E-state index contributed by atoms with van der Waals surface area (Å²) < 4.78 is 10.4. The van der Waals surface area contributed by atoms with Crippen molar-refractivity contribution < 1.29 is 9.47 Å². The zero-order valence-corrected chi connectivity index (χ0v) is 13.9. The first-order valence-electron chi connectivity index (χ1n) is 9.41. The van der Waals surface area contributed by atoms with Crippen LogP contribution in [-0.2, 0) is 9.47 Å². The molecule has 21 heavy (non-hydrogen) atoms. The van der Waals surface area contributed by atoms with Crippen molar-refractivity contribution in [3.05, 3.63) is 12.2 Å². The van der Waals surface area contributed by atoms with Crippen molar-refractivity contribution in [1.29, 1.82) is 0 Å². The lowest BCUT2D eigenvalue weighted by molar-refractivity contribution is -0.0263. The molecule has 0 saturated carbocycles. The van der Waals surface area contributed by atoms with Gasteiger partial charge < -0.3 is 9.47 Å². The Morgan fingerprint density at radius 2 is 1.14 bits per heavy atom. The van der Waals surface area contributed by atoms with E-state index < -0.39 is 0 Å². The minimum atomic E-state index is -0.226. The second-order valence-electron chi connectivity index (χ2n) is 6.72. The highest BCUT2D eigenvalue weighted by Crippen LogP contribution is 2.57. The first kappa shape index (κ1) is 17.0. The van der Waals surface area contributed by atoms with Gasteiger partial charge in [0, 0.05) is 0 Å². The molecule has 0 spiro atoms. The van der Waals surface area contributed by atoms with E-state index in [9.17, 15) is 0 Å². The zero-order valence-electron chi connectivity index (χ0n) is 13.9. The monoisotopic (exact) mass is 294 g/mol. The molecule has 0 atom stereocenters. The highest BCUT2D eigenvalue weighted by Gasteiger charge is 2.75. The minimum Gasteiger partial charge on any atom is -0.306 e. The summed E-state index contributed by atoms with van der Waals surface area (Å²) in [6.45, 7) is 2.29. The van der Waals surface area contributed by atoms with Gasteiger partial charge in [0.05, 0.1) is 0 Å². The molecule has 0 aromatic carbocycles. The normalized spacial score (nSPS) is 26.2. The number of fused-ring (bicyclic) bond motifs is 1. The number of ether oxygens (including phenoxy) is 2. The number of hydrogen-bond acceptors (Lipinski definition) is 2. The maximum absolute atomic E-state index is 5.20. The molecule has 2 heterocycles. The Morgan fingerprint density at radius 1 is 0.714 bits per heavy atom. The molecule has 2 aliphatic rings. The van der Waals surface area contributed by atoms with Gasteiger partial charge in [0.15, 0.2) is 0 Å². The molecular formula is C19H34O2. The lowest BCUT2D eigenvalue weighted by Gasteiger charge is -2.02. The van der Waals surface area contributed by atoms with Crippen LogP contribution in [0.2, 0.25) is 0 Å². The summed E-state index contributed by atoms with van der Waals surface area (Å²) in [5.41, 5.74) is 0. The summed E-state index contributed by atoms with van der Waals surface area (Å²) in [6.07, 6.45) is 24.1. The fourth-order valence-electron chi connectivity index (χ4n) is 2.96. The molecule has 2 fully saturated rings. The van der Waals surface area contributed by atoms with Crippen LogP contribution in [0, 0.1) is 0 Å². The van der Waals surface area contributed by atoms with Crippen molar-refractivity contribution in [1.82, 2.24) is 0 Å². The molecule has 0 radical (unpaired) electrons. The van der Waals surface area contributed by atoms with Crippen LogP contribution >= 0.6 is 0 Å². The third kappa shape index (κ3) is 6.97. The van der Waals surface area contributed by atoms with Gasteiger partial charge in [-0.25, -0.2) is 0 Å². The van der Waals surface area contributed by atoms with Gasteiger partial charge in [-0.15, -0.1) is 0 Å². The van der Waals surface area contributed by atoms with Crippen LogP contribution in [0.1, 0.15) is 96.8 Å². The van der Waals surface area contributed by atoms with Gasteiger partial charge in [0.25, 0.3) is 0 Å². The van der Waals surface area contributed by atoms with Crippen LogP contribution in [0.3, 0.4) is 0 Å². The van der Waals surface area contributed by atoms with Gasteiger partial charge in [-0.1, -0.05) is 90.0 Å². The van der Waals surface area contributed by atoms with E-state index in [0.717, 1.165) is 0 Å². The first-order chi connectivity index (χ1) is 10.4. The Balaban J connectivity index is 1.22. The van der Waals surface area contributed by atoms with E-state index in [0.29, 0.717) is 0 Å². The summed E-state index contributed by atoms with van der Waals surface area (Å²) in [7, 11) is 0. The summed E-state index contributed by atoms with van der Waals surface area (Å²) in [5, 5.41) is 0. The van der Waals surface area contributed by atoms with E-state index >= 15 is 0 Å². The largest absolute Gasteiger partial charge is 0.306 e. The molecule has 0 unspecified atom stereocenters. The molecule has 0 bridgehead atoms. The molecule has 2 heteroatoms. The van der Waals surface area contributed by atoms with Crippen LogP contribution in [0.4, 0.5) is 0 Å². The maximum atomic E-state index is 5.20. The van der Waals surface area contributed by atoms with Gasteiger partial charge in [0.2, 0.25) is 12.1 Å². The molecule has 2 nitrogen and oxygen atoms in total. The van der Waals surface area contributed by atoms with Crippen molar-refractivity contribution in [2.45, 2.75) is 109 Å². The number of allylic oxidation sites excluding steroid dienone is 1. The first-order valence-corrected chi connectivity index (χ1v) is 9.41. The molecule has 2 rings (SSSR count). The molecule has 2 saturated heterocycles. The van der Waals surface area contributed by atoms with Gasteiger partial charge in [-0.3, -0.25) is 0 Å². The lowest BCUT2D eigenvalue weighted by atomic mass is 10.0. The molecule has 0 aromatic heterocycles. The van der Waals surface area contributed by atoms with Gasteiger partial charge in [-0.2, -0.15) is 0 Å². The van der Waals surface area contributed by atoms with Crippen LogP contribution < -0.4 is 0 Å². The van der Waals surface area contributed by atoms with Crippen LogP contribution in [0.25, 0.3) is 0 Å². The fourth-order valence-corrected chi connectivity index (χ4v) is 2.96. The summed E-state index contributed by atoms with van der Waals surface area (Å²) in [5.74, 6) is -0.226. The highest BCUT2D eigenvalue weighted by molar-refractivity contribution is 5.17. The number of unbranched alkanes of at least 4 members (excludes halogenated alkanes) is 13. The van der Waals surface area contributed by atoms with Crippen LogP contribution in [0.5, 0.6) is 0 Å². The smallest absolute Gasteiger partial charge is 0.245 e. The van der Waals surface area contributed by atoms with Gasteiger partial charge in [-0.05, 0) is 18.9 Å². The molecule has 0 aliphatic carbocycles. The minimum absolute atomic E-state index is 0.125. The van der Waals surface area contributed by atoms with Crippen molar-refractivity contribution in [3.8, 4) is 0 Å². The second-order valence-corrected chi connectivity index (χ2v) is 6.72. The third-order valence-corrected chi connectivity index (χ3v) is 4.62. The average Bonchev–Trinajstić information content (AvgIpc) is 3.33. The van der Waals surface area contributed by atoms with Crippen molar-refractivity contribution in [2.24, 2.45) is 0 Å². The summed E-state index contributed by atoms with van der Waals surface area (Å²) >= 11 is 0. The van der Waals surface area contributed by atoms with Crippen molar-refractivity contribution >= 4 is 0 Å². The molecule has 0 amide bonds. The van der Waals surface area contributed by atoms with E-state index in [-0.39, 0.29) is 12.1 Å². The third-order valence-electron chi connectivity index (χ3n) is 4.62. The Bertz CT molecular complexity index is 292. The standard InChI is InChI=1S/C19H34O2/c1-2-3-4-5-6-7-8-9-10-11-12-13-14-15-16-17-19-18(20-19)21-19/h16-18H,2-15H2,1H3. The molecule has 122 valence electrons. The average molecular weight is 294 g/mol. The van der Waals surface area contributed by atoms with Crippen LogP contribution in [-0.4, -0.2) is 12.1 Å². The summed E-state index contributed by atoms with van der Waals surface area (Å²) in [4.78, 5) is 0. The zero-order chi connectivity index (χ0) is 14.8. The fraction of sp³-hybridized carbons (Fsp3) is 0.895. The van der Waals surface area contributed by atoms with E-state index in [2.05, 4.69) is 19.1 Å². The topological polar surface area (TPSA) is 25.1 Å². The van der Waals surface area contributed by atoms with Gasteiger partial charge in [0.1, 0.15) is 0 Å². The van der Waals surface area contributed by atoms with E-state index in [1.807, 2.05) is 0 Å². The Labute approximate surface area is 131 Å². The Kier molecular flexibility index (Phi) is 7.81. The van der Waals surface area contributed by atoms with Gasteiger partial charge >= 0.3 is 0 Å². The Morgan fingerprint density at radius 3 is 1.57 bits per heavy atom. The van der Waals surface area contributed by atoms with E-state index in [1.165, 1.54) is 89.9 Å². The molecule has 0 aromatic rings. The molecule has 0 N–H and O–H groups in total. The quantitative estimate of drug-likeness (QED) is 0.207. The molecular weight excluding hydrogens is 260 g/mol. The maximum Gasteiger partial charge on any atom is 0.245 e. The Hall–Kier alpha value is -0.340. The lowest BCUT2D eigenvalue weighted by Crippen LogP contribution is -1.91. The predicted molar refractivity (Wildman–Crippen MR) is 88.1 cm³/mol. The van der Waals surface area contributed by atoms with Crippen LogP contribution in [0.15, 0.2) is 12.2 Å². The number of hydrogen-bond donors (Lipinski definition) is 0. The van der Waals surface area contributed by atoms with Crippen molar-refractivity contribution in [3.63, 3.8) is 0 Å². The predicted octanol–water partition coefficient (Wildman–Crippen LogP) is 6.11. The number of epoxide rings is 2. The summed E-state index contributed by atoms with van der Waals surface area (Å²) in [6, 6.07) is 0. The number of rotatable bonds is 15. The van der Waals surface area contributed by atoms with E-state index in [1.54, 1.807) is 0 Å². The SMILES string of the molecule is CCCCCCCCCCCCCCCC=CC12OC1O2. The molecule has 2 aliphatic heterocycles.